The molecule has 1 fully saturated rings. The topological polar surface area (TPSA) is 38.9 Å². The number of hydrogen-bond donors (Lipinski definition) is 0. The molecule has 3 aromatic heterocycles. The van der Waals surface area contributed by atoms with Crippen LogP contribution in [0.4, 0.5) is 0 Å². The van der Waals surface area contributed by atoms with E-state index in [1.165, 1.54) is 43.2 Å². The van der Waals surface area contributed by atoms with Gasteiger partial charge in [0.05, 0.1) is 5.69 Å². The van der Waals surface area contributed by atoms with Crippen LogP contribution in [0.5, 0.6) is 0 Å². The van der Waals surface area contributed by atoms with E-state index in [2.05, 4.69) is 43.2 Å². The van der Waals surface area contributed by atoms with Crippen molar-refractivity contribution in [2.24, 2.45) is 5.92 Å². The summed E-state index contributed by atoms with van der Waals surface area (Å²) < 4.78 is 5.87. The SMILES string of the molecule is CC(C)c1cnc(-c2cnc3oc4ccccc4c3c2)cc1CC1CCCC1. The summed E-state index contributed by atoms with van der Waals surface area (Å²) in [5, 5.41) is 2.16. The summed E-state index contributed by atoms with van der Waals surface area (Å²) >= 11 is 0. The van der Waals surface area contributed by atoms with E-state index in [1.54, 1.807) is 0 Å². The molecule has 0 bridgehead atoms. The maximum atomic E-state index is 5.87. The molecule has 1 saturated carbocycles. The lowest BCUT2D eigenvalue weighted by Gasteiger charge is -2.17. The fourth-order valence-corrected chi connectivity index (χ4v) is 4.64. The average Bonchev–Trinajstić information content (AvgIpc) is 3.34. The number of fused-ring (bicyclic) bond motifs is 3. The molecular formula is C25H26N2O. The van der Waals surface area contributed by atoms with E-state index >= 15 is 0 Å². The normalized spacial score (nSPS) is 15.2. The van der Waals surface area contributed by atoms with Gasteiger partial charge >= 0.3 is 0 Å². The molecule has 0 aliphatic heterocycles. The highest BCUT2D eigenvalue weighted by Gasteiger charge is 2.19. The lowest BCUT2D eigenvalue weighted by atomic mass is 9.90. The number of aromatic nitrogens is 2. The van der Waals surface area contributed by atoms with Crippen LogP contribution >= 0.6 is 0 Å². The number of para-hydroxylation sites is 1. The van der Waals surface area contributed by atoms with Crippen molar-refractivity contribution in [1.82, 2.24) is 9.97 Å². The second-order valence-electron chi connectivity index (χ2n) is 8.45. The molecule has 0 unspecified atom stereocenters. The number of nitrogens with zero attached hydrogens (tertiary/aromatic N) is 2. The molecule has 3 nitrogen and oxygen atoms in total. The van der Waals surface area contributed by atoms with Crippen molar-refractivity contribution in [3.05, 3.63) is 59.9 Å². The molecule has 1 aliphatic rings. The van der Waals surface area contributed by atoms with Crippen molar-refractivity contribution >= 4 is 22.1 Å². The summed E-state index contributed by atoms with van der Waals surface area (Å²) in [6, 6.07) is 12.6. The van der Waals surface area contributed by atoms with E-state index in [9.17, 15) is 0 Å². The summed E-state index contributed by atoms with van der Waals surface area (Å²) in [7, 11) is 0. The van der Waals surface area contributed by atoms with Crippen LogP contribution in [-0.2, 0) is 6.42 Å². The number of rotatable bonds is 4. The fourth-order valence-electron chi connectivity index (χ4n) is 4.64. The first-order valence-electron chi connectivity index (χ1n) is 10.5. The largest absolute Gasteiger partial charge is 0.438 e. The zero-order chi connectivity index (χ0) is 19.1. The molecule has 5 rings (SSSR count). The van der Waals surface area contributed by atoms with Gasteiger partial charge < -0.3 is 4.42 Å². The zero-order valence-corrected chi connectivity index (χ0v) is 16.6. The van der Waals surface area contributed by atoms with Gasteiger partial charge in [0.2, 0.25) is 5.71 Å². The molecule has 0 spiro atoms. The molecule has 0 N–H and O–H groups in total. The molecule has 1 aliphatic carbocycles. The summed E-state index contributed by atoms with van der Waals surface area (Å²) in [5.41, 5.74) is 6.49. The van der Waals surface area contributed by atoms with Gasteiger partial charge in [-0.15, -0.1) is 0 Å². The third kappa shape index (κ3) is 3.09. The first-order chi connectivity index (χ1) is 13.7. The van der Waals surface area contributed by atoms with Gasteiger partial charge in [0.1, 0.15) is 5.58 Å². The lowest BCUT2D eigenvalue weighted by molar-refractivity contribution is 0.542. The Morgan fingerprint density at radius 1 is 1.00 bits per heavy atom. The Balaban J connectivity index is 1.58. The summed E-state index contributed by atoms with van der Waals surface area (Å²) in [4.78, 5) is 9.38. The summed E-state index contributed by atoms with van der Waals surface area (Å²) in [6.07, 6.45) is 10.6. The number of hydrogen-bond acceptors (Lipinski definition) is 3. The highest BCUT2D eigenvalue weighted by atomic mass is 16.3. The highest BCUT2D eigenvalue weighted by Crippen LogP contribution is 2.34. The maximum absolute atomic E-state index is 5.87. The third-order valence-corrected chi connectivity index (χ3v) is 6.16. The zero-order valence-electron chi connectivity index (χ0n) is 16.6. The molecule has 28 heavy (non-hydrogen) atoms. The van der Waals surface area contributed by atoms with Crippen LogP contribution in [0.25, 0.3) is 33.3 Å². The first kappa shape index (κ1) is 17.4. The molecule has 3 heterocycles. The predicted octanol–water partition coefficient (Wildman–Crippen LogP) is 6.90. The minimum Gasteiger partial charge on any atom is -0.438 e. The van der Waals surface area contributed by atoms with E-state index in [0.29, 0.717) is 11.6 Å². The van der Waals surface area contributed by atoms with Crippen LogP contribution in [0, 0.1) is 5.92 Å². The molecule has 0 atom stereocenters. The second-order valence-corrected chi connectivity index (χ2v) is 8.45. The van der Waals surface area contributed by atoms with Crippen LogP contribution in [0.2, 0.25) is 0 Å². The van der Waals surface area contributed by atoms with Crippen molar-refractivity contribution in [3.8, 4) is 11.3 Å². The Morgan fingerprint density at radius 3 is 2.64 bits per heavy atom. The molecule has 3 heteroatoms. The number of benzene rings is 1. The van der Waals surface area contributed by atoms with Gasteiger partial charge in [-0.2, -0.15) is 0 Å². The van der Waals surface area contributed by atoms with E-state index in [0.717, 1.165) is 33.5 Å². The molecule has 4 aromatic rings. The lowest BCUT2D eigenvalue weighted by Crippen LogP contribution is -2.05. The van der Waals surface area contributed by atoms with Gasteiger partial charge in [-0.1, -0.05) is 57.7 Å². The molecule has 0 amide bonds. The summed E-state index contributed by atoms with van der Waals surface area (Å²) in [6.45, 7) is 4.53. The van der Waals surface area contributed by atoms with Crippen molar-refractivity contribution in [3.63, 3.8) is 0 Å². The summed E-state index contributed by atoms with van der Waals surface area (Å²) in [5.74, 6) is 1.32. The minimum atomic E-state index is 0.497. The molecule has 142 valence electrons. The van der Waals surface area contributed by atoms with Crippen LogP contribution in [0.15, 0.2) is 53.2 Å². The molecule has 0 radical (unpaired) electrons. The van der Waals surface area contributed by atoms with Gasteiger partial charge in [-0.05, 0) is 47.6 Å². The van der Waals surface area contributed by atoms with E-state index in [4.69, 9.17) is 9.40 Å². The standard InChI is InChI=1S/C25H26N2O/c1-16(2)22-15-26-23(13-18(22)11-17-7-3-4-8-17)19-12-21-20-9-5-6-10-24(20)28-25(21)27-14-19/h5-6,9-10,12-17H,3-4,7-8,11H2,1-2H3. The Kier molecular flexibility index (Phi) is 4.38. The molecule has 0 saturated heterocycles. The van der Waals surface area contributed by atoms with E-state index in [-0.39, 0.29) is 0 Å². The predicted molar refractivity (Wildman–Crippen MR) is 114 cm³/mol. The van der Waals surface area contributed by atoms with Crippen molar-refractivity contribution < 1.29 is 4.42 Å². The molecular weight excluding hydrogens is 344 g/mol. The van der Waals surface area contributed by atoms with Gasteiger partial charge in [-0.25, -0.2) is 4.98 Å². The number of pyridine rings is 2. The van der Waals surface area contributed by atoms with Gasteiger partial charge in [-0.3, -0.25) is 4.98 Å². The minimum absolute atomic E-state index is 0.497. The van der Waals surface area contributed by atoms with Gasteiger partial charge in [0, 0.05) is 28.7 Å². The Bertz CT molecular complexity index is 1140. The van der Waals surface area contributed by atoms with Crippen molar-refractivity contribution in [1.29, 1.82) is 0 Å². The first-order valence-corrected chi connectivity index (χ1v) is 10.5. The Labute approximate surface area is 165 Å². The Morgan fingerprint density at radius 2 is 1.82 bits per heavy atom. The van der Waals surface area contributed by atoms with Crippen LogP contribution < -0.4 is 0 Å². The maximum Gasteiger partial charge on any atom is 0.227 e. The van der Waals surface area contributed by atoms with Crippen molar-refractivity contribution in [2.45, 2.75) is 51.9 Å². The van der Waals surface area contributed by atoms with Gasteiger partial charge in [0.25, 0.3) is 0 Å². The average molecular weight is 370 g/mol. The second kappa shape index (κ2) is 7.05. The highest BCUT2D eigenvalue weighted by molar-refractivity contribution is 6.04. The monoisotopic (exact) mass is 370 g/mol. The Hall–Kier alpha value is -2.68. The quantitative estimate of drug-likeness (QED) is 0.392. The van der Waals surface area contributed by atoms with Crippen LogP contribution in [0.3, 0.4) is 0 Å². The van der Waals surface area contributed by atoms with E-state index in [1.807, 2.05) is 24.4 Å². The third-order valence-electron chi connectivity index (χ3n) is 6.16. The smallest absolute Gasteiger partial charge is 0.227 e. The van der Waals surface area contributed by atoms with Crippen molar-refractivity contribution in [2.75, 3.05) is 0 Å². The van der Waals surface area contributed by atoms with Crippen LogP contribution in [-0.4, -0.2) is 9.97 Å². The molecule has 1 aromatic carbocycles. The fraction of sp³-hybridized carbons (Fsp3) is 0.360. The number of furan rings is 1. The van der Waals surface area contributed by atoms with E-state index < -0.39 is 0 Å². The van der Waals surface area contributed by atoms with Gasteiger partial charge in [0.15, 0.2) is 0 Å². The van der Waals surface area contributed by atoms with Crippen LogP contribution in [0.1, 0.15) is 56.6 Å².